The molecule has 2 amide bonds. The van der Waals surface area contributed by atoms with E-state index >= 15 is 0 Å². The molecule has 0 radical (unpaired) electrons. The molecule has 188 valence electrons. The Labute approximate surface area is 200 Å². The lowest BCUT2D eigenvalue weighted by atomic mass is 9.73. The van der Waals surface area contributed by atoms with Crippen LogP contribution in [0, 0.1) is 5.41 Å². The number of nitrogens with one attached hydrogen (secondary N) is 2. The largest absolute Gasteiger partial charge is 0.479 e. The maximum absolute atomic E-state index is 13.0. The summed E-state index contributed by atoms with van der Waals surface area (Å²) in [7, 11) is 0. The van der Waals surface area contributed by atoms with Gasteiger partial charge in [-0.25, -0.2) is 9.59 Å². The first kappa shape index (κ1) is 26.1. The van der Waals surface area contributed by atoms with Gasteiger partial charge in [0.25, 0.3) is 0 Å². The van der Waals surface area contributed by atoms with E-state index in [2.05, 4.69) is 5.32 Å². The molecule has 0 saturated carbocycles. The normalized spacial score (nSPS) is 14.5. The zero-order valence-corrected chi connectivity index (χ0v) is 19.7. The standard InChI is InChI=1S/C25H27F3N2O5/c1-23(2,21(33)29-19(20(31)32)25(26,27)28)24(3,4)30-22(34)35-13-18-16-11-7-5-9-14(16)15-10-6-8-12-17(15)18/h5-12,18-19H,13H2,1-4H3,(H,29,33)(H,30,34)(H,31,32). The Kier molecular flexibility index (Phi) is 6.88. The average Bonchev–Trinajstić information content (AvgIpc) is 3.08. The number of benzene rings is 2. The maximum atomic E-state index is 13.0. The molecule has 35 heavy (non-hydrogen) atoms. The van der Waals surface area contributed by atoms with Gasteiger partial charge >= 0.3 is 18.2 Å². The fourth-order valence-corrected chi connectivity index (χ4v) is 3.92. The number of fused-ring (bicyclic) bond motifs is 3. The second-order valence-electron chi connectivity index (χ2n) is 9.49. The molecule has 0 heterocycles. The molecule has 0 spiro atoms. The Morgan fingerprint density at radius 1 is 0.943 bits per heavy atom. The van der Waals surface area contributed by atoms with E-state index in [4.69, 9.17) is 9.84 Å². The summed E-state index contributed by atoms with van der Waals surface area (Å²) < 4.78 is 44.5. The van der Waals surface area contributed by atoms with Crippen LogP contribution >= 0.6 is 0 Å². The minimum Gasteiger partial charge on any atom is -0.479 e. The fraction of sp³-hybridized carbons (Fsp3) is 0.400. The van der Waals surface area contributed by atoms with Crippen LogP contribution in [0.25, 0.3) is 11.1 Å². The second-order valence-corrected chi connectivity index (χ2v) is 9.49. The van der Waals surface area contributed by atoms with Crippen LogP contribution in [0.4, 0.5) is 18.0 Å². The van der Waals surface area contributed by atoms with Gasteiger partial charge < -0.3 is 20.5 Å². The molecule has 2 aromatic rings. The quantitative estimate of drug-likeness (QED) is 0.529. The third-order valence-electron chi connectivity index (χ3n) is 6.74. The Bertz CT molecular complexity index is 1100. The van der Waals surface area contributed by atoms with Crippen LogP contribution in [-0.4, -0.2) is 47.4 Å². The summed E-state index contributed by atoms with van der Waals surface area (Å²) in [6.07, 6.45) is -6.04. The van der Waals surface area contributed by atoms with Gasteiger partial charge in [0.15, 0.2) is 0 Å². The lowest BCUT2D eigenvalue weighted by Crippen LogP contribution is -2.62. The van der Waals surface area contributed by atoms with E-state index in [-0.39, 0.29) is 12.5 Å². The first-order valence-electron chi connectivity index (χ1n) is 10.9. The molecule has 2 aromatic carbocycles. The molecule has 7 nitrogen and oxygen atoms in total. The molecule has 1 aliphatic rings. The zero-order chi connectivity index (χ0) is 26.2. The highest BCUT2D eigenvalue weighted by atomic mass is 19.4. The van der Waals surface area contributed by atoms with Crippen LogP contribution in [0.3, 0.4) is 0 Å². The van der Waals surface area contributed by atoms with Gasteiger partial charge in [0.2, 0.25) is 11.9 Å². The van der Waals surface area contributed by atoms with Crippen LogP contribution in [0.5, 0.6) is 0 Å². The lowest BCUT2D eigenvalue weighted by Gasteiger charge is -2.41. The molecule has 10 heteroatoms. The van der Waals surface area contributed by atoms with Crippen LogP contribution in [0.15, 0.2) is 48.5 Å². The van der Waals surface area contributed by atoms with Crippen molar-refractivity contribution in [3.63, 3.8) is 0 Å². The molecule has 1 unspecified atom stereocenters. The number of carbonyl (C=O) groups is 3. The van der Waals surface area contributed by atoms with Crippen molar-refractivity contribution >= 4 is 18.0 Å². The predicted molar refractivity (Wildman–Crippen MR) is 122 cm³/mol. The molecule has 0 fully saturated rings. The summed E-state index contributed by atoms with van der Waals surface area (Å²) in [5, 5.41) is 12.9. The van der Waals surface area contributed by atoms with E-state index in [1.54, 1.807) is 0 Å². The van der Waals surface area contributed by atoms with Gasteiger partial charge in [-0.3, -0.25) is 4.79 Å². The predicted octanol–water partition coefficient (Wildman–Crippen LogP) is 4.46. The van der Waals surface area contributed by atoms with Crippen molar-refractivity contribution in [2.45, 2.75) is 51.4 Å². The number of alkyl halides is 3. The Morgan fingerprint density at radius 2 is 1.43 bits per heavy atom. The summed E-state index contributed by atoms with van der Waals surface area (Å²) in [4.78, 5) is 36.3. The number of halogens is 3. The Hall–Kier alpha value is -3.56. The van der Waals surface area contributed by atoms with Gasteiger partial charge in [-0.05, 0) is 49.9 Å². The average molecular weight is 492 g/mol. The van der Waals surface area contributed by atoms with Gasteiger partial charge in [-0.1, -0.05) is 48.5 Å². The molecule has 3 rings (SSSR count). The van der Waals surface area contributed by atoms with Crippen molar-refractivity contribution in [1.29, 1.82) is 0 Å². The Morgan fingerprint density at radius 3 is 1.89 bits per heavy atom. The number of amides is 2. The molecule has 1 aliphatic carbocycles. The number of carboxylic acid groups (broad SMARTS) is 1. The third-order valence-corrected chi connectivity index (χ3v) is 6.74. The first-order valence-corrected chi connectivity index (χ1v) is 10.9. The molecular formula is C25H27F3N2O5. The summed E-state index contributed by atoms with van der Waals surface area (Å²) in [5.41, 5.74) is 1.09. The minimum absolute atomic E-state index is 0.0116. The highest BCUT2D eigenvalue weighted by Crippen LogP contribution is 2.44. The number of ether oxygens (including phenoxy) is 1. The zero-order valence-electron chi connectivity index (χ0n) is 19.7. The number of rotatable bonds is 7. The van der Waals surface area contributed by atoms with Crippen molar-refractivity contribution < 1.29 is 37.4 Å². The number of aliphatic carboxylic acids is 1. The van der Waals surface area contributed by atoms with Crippen molar-refractivity contribution in [1.82, 2.24) is 10.6 Å². The summed E-state index contributed by atoms with van der Waals surface area (Å²) >= 11 is 0. The van der Waals surface area contributed by atoms with Crippen LogP contribution < -0.4 is 10.6 Å². The van der Waals surface area contributed by atoms with E-state index in [0.717, 1.165) is 22.3 Å². The number of alkyl carbamates (subject to hydrolysis) is 1. The highest BCUT2D eigenvalue weighted by molar-refractivity contribution is 5.89. The van der Waals surface area contributed by atoms with Crippen LogP contribution in [-0.2, 0) is 14.3 Å². The molecule has 0 bridgehead atoms. The molecule has 0 aliphatic heterocycles. The monoisotopic (exact) mass is 492 g/mol. The smallest absolute Gasteiger partial charge is 0.419 e. The topological polar surface area (TPSA) is 105 Å². The van der Waals surface area contributed by atoms with Gasteiger partial charge in [-0.2, -0.15) is 13.2 Å². The van der Waals surface area contributed by atoms with E-state index in [0.29, 0.717) is 0 Å². The van der Waals surface area contributed by atoms with Crippen LogP contribution in [0.2, 0.25) is 0 Å². The number of hydrogen-bond donors (Lipinski definition) is 3. The molecule has 3 N–H and O–H groups in total. The molecular weight excluding hydrogens is 465 g/mol. The number of carboxylic acids is 1. The SMILES string of the molecule is CC(C)(NC(=O)OCC1c2ccccc2-c2ccccc21)C(C)(C)C(=O)NC(C(=O)O)C(F)(F)F. The highest BCUT2D eigenvalue weighted by Gasteiger charge is 2.51. The van der Waals surface area contributed by atoms with Gasteiger partial charge in [-0.15, -0.1) is 0 Å². The molecule has 0 saturated heterocycles. The number of hydrogen-bond acceptors (Lipinski definition) is 4. The third kappa shape index (κ3) is 5.11. The maximum Gasteiger partial charge on any atom is 0.419 e. The lowest BCUT2D eigenvalue weighted by molar-refractivity contribution is -0.183. The fourth-order valence-electron chi connectivity index (χ4n) is 3.92. The van der Waals surface area contributed by atoms with Gasteiger partial charge in [0, 0.05) is 5.92 Å². The van der Waals surface area contributed by atoms with E-state index < -0.39 is 41.1 Å². The van der Waals surface area contributed by atoms with Gasteiger partial charge in [0.05, 0.1) is 11.0 Å². The van der Waals surface area contributed by atoms with E-state index in [1.165, 1.54) is 33.0 Å². The second kappa shape index (κ2) is 9.24. The molecule has 1 atom stereocenters. The van der Waals surface area contributed by atoms with E-state index in [9.17, 15) is 27.6 Å². The van der Waals surface area contributed by atoms with Crippen molar-refractivity contribution in [3.8, 4) is 11.1 Å². The van der Waals surface area contributed by atoms with Crippen molar-refractivity contribution in [3.05, 3.63) is 59.7 Å². The summed E-state index contributed by atoms with van der Waals surface area (Å²) in [6.45, 7) is 5.51. The van der Waals surface area contributed by atoms with Crippen molar-refractivity contribution in [2.24, 2.45) is 5.41 Å². The van der Waals surface area contributed by atoms with Crippen LogP contribution in [0.1, 0.15) is 44.7 Å². The first-order chi connectivity index (χ1) is 16.2. The molecule has 0 aromatic heterocycles. The number of carbonyl (C=O) groups excluding carboxylic acids is 2. The van der Waals surface area contributed by atoms with E-state index in [1.807, 2.05) is 48.5 Å². The summed E-state index contributed by atoms with van der Waals surface area (Å²) in [5.74, 6) is -3.62. The van der Waals surface area contributed by atoms with Gasteiger partial charge in [0.1, 0.15) is 6.61 Å². The summed E-state index contributed by atoms with van der Waals surface area (Å²) in [6, 6.07) is 12.5. The minimum atomic E-state index is -5.18. The van der Waals surface area contributed by atoms with Crippen molar-refractivity contribution in [2.75, 3.05) is 6.61 Å². The Balaban J connectivity index is 1.69.